The zero-order chi connectivity index (χ0) is 8.65. The first-order valence-corrected chi connectivity index (χ1v) is 3.30. The van der Waals surface area contributed by atoms with Crippen molar-refractivity contribution in [1.82, 2.24) is 14.9 Å². The van der Waals surface area contributed by atoms with E-state index >= 15 is 0 Å². The standard InChI is InChI=1S/C6H11N3O2/c1-6(2,3)4-7-5(10)9(11)8-4/h11H,1-3H3,(H,7,8,10). The summed E-state index contributed by atoms with van der Waals surface area (Å²) in [6.45, 7) is 5.68. The van der Waals surface area contributed by atoms with Gasteiger partial charge < -0.3 is 5.21 Å². The fourth-order valence-electron chi connectivity index (χ4n) is 0.654. The van der Waals surface area contributed by atoms with Gasteiger partial charge in [0.1, 0.15) is 5.82 Å². The van der Waals surface area contributed by atoms with E-state index in [1.165, 1.54) is 0 Å². The van der Waals surface area contributed by atoms with Crippen molar-refractivity contribution < 1.29 is 5.21 Å². The molecule has 0 saturated heterocycles. The number of hydrogen-bond donors (Lipinski definition) is 2. The molecule has 5 heteroatoms. The number of nitrogens with one attached hydrogen (secondary N) is 1. The van der Waals surface area contributed by atoms with Gasteiger partial charge in [-0.2, -0.15) is 0 Å². The van der Waals surface area contributed by atoms with Gasteiger partial charge in [-0.15, -0.1) is 5.10 Å². The summed E-state index contributed by atoms with van der Waals surface area (Å²) in [5.41, 5.74) is -0.845. The van der Waals surface area contributed by atoms with Crippen LogP contribution in [0.25, 0.3) is 0 Å². The Kier molecular flexibility index (Phi) is 1.51. The van der Waals surface area contributed by atoms with Gasteiger partial charge in [-0.05, 0) is 4.85 Å². The number of hydrogen-bond acceptors (Lipinski definition) is 3. The summed E-state index contributed by atoms with van der Waals surface area (Å²) >= 11 is 0. The van der Waals surface area contributed by atoms with Crippen LogP contribution in [-0.2, 0) is 5.41 Å². The monoisotopic (exact) mass is 157 g/mol. The summed E-state index contributed by atoms with van der Waals surface area (Å²) in [4.78, 5) is 13.4. The van der Waals surface area contributed by atoms with E-state index in [1.54, 1.807) is 0 Å². The Bertz CT molecular complexity index is 304. The lowest BCUT2D eigenvalue weighted by Gasteiger charge is -2.12. The number of H-pyrrole nitrogens is 1. The SMILES string of the molecule is CC(C)(C)c1nn(O)c(=O)[nH]1. The Balaban J connectivity index is 3.18. The van der Waals surface area contributed by atoms with Gasteiger partial charge in [-0.1, -0.05) is 20.8 Å². The number of aromatic amines is 1. The average molecular weight is 157 g/mol. The largest absolute Gasteiger partial charge is 0.407 e. The predicted octanol–water partition coefficient (Wildman–Crippen LogP) is 0.106. The molecular weight excluding hydrogens is 146 g/mol. The molecule has 0 aliphatic carbocycles. The van der Waals surface area contributed by atoms with Gasteiger partial charge in [0.05, 0.1) is 0 Å². The molecule has 1 aromatic rings. The van der Waals surface area contributed by atoms with Crippen molar-refractivity contribution in [3.8, 4) is 0 Å². The Hall–Kier alpha value is -1.26. The van der Waals surface area contributed by atoms with Crippen LogP contribution in [0.15, 0.2) is 4.79 Å². The van der Waals surface area contributed by atoms with Crippen LogP contribution >= 0.6 is 0 Å². The van der Waals surface area contributed by atoms with Crippen LogP contribution in [0, 0.1) is 0 Å². The second-order valence-electron chi connectivity index (χ2n) is 3.42. The van der Waals surface area contributed by atoms with Crippen LogP contribution in [-0.4, -0.2) is 20.1 Å². The minimum atomic E-state index is -0.602. The van der Waals surface area contributed by atoms with Crippen molar-refractivity contribution in [3.63, 3.8) is 0 Å². The molecule has 0 saturated carbocycles. The Morgan fingerprint density at radius 3 is 2.27 bits per heavy atom. The zero-order valence-corrected chi connectivity index (χ0v) is 6.75. The van der Waals surface area contributed by atoms with Crippen LogP contribution in [0.5, 0.6) is 0 Å². The first kappa shape index (κ1) is 7.84. The number of nitrogens with zero attached hydrogens (tertiary/aromatic N) is 2. The number of aromatic nitrogens is 3. The molecule has 5 nitrogen and oxygen atoms in total. The van der Waals surface area contributed by atoms with Crippen LogP contribution < -0.4 is 5.69 Å². The third-order valence-corrected chi connectivity index (χ3v) is 1.31. The Morgan fingerprint density at radius 1 is 1.55 bits per heavy atom. The predicted molar refractivity (Wildman–Crippen MR) is 38.7 cm³/mol. The molecule has 0 unspecified atom stereocenters. The first-order chi connectivity index (χ1) is 4.91. The van der Waals surface area contributed by atoms with Crippen molar-refractivity contribution in [3.05, 3.63) is 16.3 Å². The maximum atomic E-state index is 10.7. The third-order valence-electron chi connectivity index (χ3n) is 1.31. The maximum Gasteiger partial charge on any atom is 0.377 e. The van der Waals surface area contributed by atoms with Gasteiger partial charge in [-0.3, -0.25) is 4.98 Å². The van der Waals surface area contributed by atoms with Crippen LogP contribution in [0.3, 0.4) is 0 Å². The molecule has 0 atom stereocenters. The molecule has 2 N–H and O–H groups in total. The molecule has 62 valence electrons. The first-order valence-electron chi connectivity index (χ1n) is 3.30. The highest BCUT2D eigenvalue weighted by Crippen LogP contribution is 2.15. The minimum absolute atomic E-state index is 0.243. The molecule has 0 aromatic carbocycles. The molecule has 0 fully saturated rings. The van der Waals surface area contributed by atoms with E-state index in [0.717, 1.165) is 0 Å². The average Bonchev–Trinajstić information content (AvgIpc) is 2.11. The third kappa shape index (κ3) is 1.42. The zero-order valence-electron chi connectivity index (χ0n) is 6.75. The summed E-state index contributed by atoms with van der Waals surface area (Å²) in [5, 5.41) is 12.4. The van der Waals surface area contributed by atoms with E-state index in [1.807, 2.05) is 20.8 Å². The molecule has 1 rings (SSSR count). The fourth-order valence-corrected chi connectivity index (χ4v) is 0.654. The van der Waals surface area contributed by atoms with Crippen LogP contribution in [0.1, 0.15) is 26.6 Å². The van der Waals surface area contributed by atoms with Crippen LogP contribution in [0.4, 0.5) is 0 Å². The lowest BCUT2D eigenvalue weighted by Crippen LogP contribution is -2.15. The Morgan fingerprint density at radius 2 is 2.09 bits per heavy atom. The molecule has 11 heavy (non-hydrogen) atoms. The molecular formula is C6H11N3O2. The van der Waals surface area contributed by atoms with Crippen molar-refractivity contribution in [2.24, 2.45) is 0 Å². The van der Waals surface area contributed by atoms with E-state index in [2.05, 4.69) is 10.1 Å². The summed E-state index contributed by atoms with van der Waals surface area (Å²) in [7, 11) is 0. The van der Waals surface area contributed by atoms with Crippen molar-refractivity contribution in [2.75, 3.05) is 0 Å². The molecule has 0 aliphatic rings. The van der Waals surface area contributed by atoms with Gasteiger partial charge >= 0.3 is 5.69 Å². The van der Waals surface area contributed by atoms with E-state index in [0.29, 0.717) is 10.7 Å². The maximum absolute atomic E-state index is 10.7. The summed E-state index contributed by atoms with van der Waals surface area (Å²) < 4.78 is 0. The molecule has 1 heterocycles. The van der Waals surface area contributed by atoms with Gasteiger partial charge in [-0.25, -0.2) is 4.79 Å². The normalized spacial score (nSPS) is 11.9. The van der Waals surface area contributed by atoms with Crippen molar-refractivity contribution in [1.29, 1.82) is 0 Å². The summed E-state index contributed by atoms with van der Waals surface area (Å²) in [5.74, 6) is 0.477. The molecule has 0 aliphatic heterocycles. The Labute approximate surface area is 63.6 Å². The van der Waals surface area contributed by atoms with E-state index in [4.69, 9.17) is 5.21 Å². The summed E-state index contributed by atoms with van der Waals surface area (Å²) in [6.07, 6.45) is 0. The second-order valence-corrected chi connectivity index (χ2v) is 3.42. The lowest BCUT2D eigenvalue weighted by molar-refractivity contribution is 0.136. The van der Waals surface area contributed by atoms with Crippen molar-refractivity contribution in [2.45, 2.75) is 26.2 Å². The van der Waals surface area contributed by atoms with Gasteiger partial charge in [0.25, 0.3) is 0 Å². The highest BCUT2D eigenvalue weighted by atomic mass is 16.5. The van der Waals surface area contributed by atoms with E-state index in [9.17, 15) is 4.79 Å². The molecule has 1 aromatic heterocycles. The molecule has 0 radical (unpaired) electrons. The van der Waals surface area contributed by atoms with Crippen molar-refractivity contribution >= 4 is 0 Å². The summed E-state index contributed by atoms with van der Waals surface area (Å²) in [6, 6.07) is 0. The highest BCUT2D eigenvalue weighted by molar-refractivity contribution is 4.97. The fraction of sp³-hybridized carbons (Fsp3) is 0.667. The van der Waals surface area contributed by atoms with Gasteiger partial charge in [0.2, 0.25) is 0 Å². The van der Waals surface area contributed by atoms with Crippen LogP contribution in [0.2, 0.25) is 0 Å². The number of rotatable bonds is 0. The lowest BCUT2D eigenvalue weighted by atomic mass is 9.96. The second kappa shape index (κ2) is 2.11. The topological polar surface area (TPSA) is 70.9 Å². The van der Waals surface area contributed by atoms with E-state index in [-0.39, 0.29) is 5.41 Å². The van der Waals surface area contributed by atoms with Gasteiger partial charge in [0.15, 0.2) is 0 Å². The smallest absolute Gasteiger partial charge is 0.377 e. The molecule has 0 amide bonds. The molecule has 0 spiro atoms. The van der Waals surface area contributed by atoms with E-state index < -0.39 is 5.69 Å². The molecule has 0 bridgehead atoms. The minimum Gasteiger partial charge on any atom is -0.407 e. The highest BCUT2D eigenvalue weighted by Gasteiger charge is 2.19. The quantitative estimate of drug-likeness (QED) is 0.525. The van der Waals surface area contributed by atoms with Gasteiger partial charge in [0, 0.05) is 5.41 Å².